The first-order chi connectivity index (χ1) is 5.45. The Bertz CT molecular complexity index is 161. The fourth-order valence-corrected chi connectivity index (χ4v) is 1.39. The van der Waals surface area contributed by atoms with Crippen molar-refractivity contribution in [1.82, 2.24) is 0 Å². The molecule has 0 saturated heterocycles. The fourth-order valence-electron chi connectivity index (χ4n) is 1.39. The van der Waals surface area contributed by atoms with Crippen molar-refractivity contribution in [3.05, 3.63) is 0 Å². The van der Waals surface area contributed by atoms with Crippen molar-refractivity contribution < 1.29 is 25.5 Å². The smallest absolute Gasteiger partial charge is 0.134 e. The van der Waals surface area contributed by atoms with E-state index < -0.39 is 36.6 Å². The predicted molar refractivity (Wildman–Crippen MR) is 38.0 cm³/mol. The summed E-state index contributed by atoms with van der Waals surface area (Å²) in [7, 11) is 0. The summed E-state index contributed by atoms with van der Waals surface area (Å²) in [5.74, 6) is 0. The molecule has 0 aliphatic heterocycles. The number of hydrogen-bond acceptors (Lipinski definition) is 6. The van der Waals surface area contributed by atoms with Crippen molar-refractivity contribution in [1.29, 1.82) is 0 Å². The normalized spacial score (nSPS) is 54.5. The maximum Gasteiger partial charge on any atom is 0.134 e. The highest BCUT2D eigenvalue weighted by Gasteiger charge is 2.57. The van der Waals surface area contributed by atoms with Crippen molar-refractivity contribution in [2.75, 3.05) is 6.61 Å². The van der Waals surface area contributed by atoms with E-state index in [2.05, 4.69) is 0 Å². The van der Waals surface area contributed by atoms with E-state index in [0.29, 0.717) is 0 Å². The molecule has 0 spiro atoms. The van der Waals surface area contributed by atoms with Crippen molar-refractivity contribution in [2.45, 2.75) is 30.0 Å². The Kier molecular flexibility index (Phi) is 2.39. The van der Waals surface area contributed by atoms with Crippen LogP contribution in [0.1, 0.15) is 0 Å². The molecular formula is C6H13NO5. The van der Waals surface area contributed by atoms with E-state index in [1.807, 2.05) is 0 Å². The fraction of sp³-hybridized carbons (Fsp3) is 1.00. The highest BCUT2D eigenvalue weighted by Crippen LogP contribution is 2.29. The second-order valence-electron chi connectivity index (χ2n) is 3.10. The largest absolute Gasteiger partial charge is 0.393 e. The molecule has 0 radical (unpaired) electrons. The van der Waals surface area contributed by atoms with Crippen LogP contribution in [0.3, 0.4) is 0 Å². The number of hydrogen-bond donors (Lipinski definition) is 6. The first-order valence-electron chi connectivity index (χ1n) is 3.58. The first kappa shape index (κ1) is 9.85. The minimum absolute atomic E-state index is 0.802. The lowest BCUT2D eigenvalue weighted by Crippen LogP contribution is -2.55. The summed E-state index contributed by atoms with van der Waals surface area (Å²) in [6.45, 7) is -0.802. The second kappa shape index (κ2) is 2.91. The van der Waals surface area contributed by atoms with Crippen molar-refractivity contribution >= 4 is 0 Å². The van der Waals surface area contributed by atoms with Gasteiger partial charge in [0.15, 0.2) is 0 Å². The maximum atomic E-state index is 9.43. The standard InChI is InChI=1S/C6H13NO5/c7-4-2(9)3(10)5(11)6(4,12)1-8/h2-5,8-12H,1,7H2/t2-,3-,4-,5+,6+/m0/s1. The van der Waals surface area contributed by atoms with Gasteiger partial charge in [0.1, 0.15) is 23.9 Å². The molecule has 0 bridgehead atoms. The molecule has 0 aromatic heterocycles. The quantitative estimate of drug-likeness (QED) is 0.244. The summed E-state index contributed by atoms with van der Waals surface area (Å²) in [4.78, 5) is 0. The van der Waals surface area contributed by atoms with Gasteiger partial charge in [0, 0.05) is 0 Å². The van der Waals surface area contributed by atoms with E-state index in [-0.39, 0.29) is 0 Å². The van der Waals surface area contributed by atoms with Gasteiger partial charge in [0.2, 0.25) is 0 Å². The van der Waals surface area contributed by atoms with Gasteiger partial charge in [-0.25, -0.2) is 0 Å². The number of nitrogens with two attached hydrogens (primary N) is 1. The third kappa shape index (κ3) is 1.05. The molecule has 5 atom stereocenters. The number of aliphatic hydroxyl groups excluding tert-OH is 4. The molecule has 0 aromatic carbocycles. The average molecular weight is 179 g/mol. The van der Waals surface area contributed by atoms with Gasteiger partial charge in [-0.05, 0) is 0 Å². The summed E-state index contributed by atoms with van der Waals surface area (Å²) in [6.07, 6.45) is -4.55. The molecule has 1 saturated carbocycles. The molecule has 6 heteroatoms. The topological polar surface area (TPSA) is 127 Å². The molecule has 1 aliphatic rings. The maximum absolute atomic E-state index is 9.43. The summed E-state index contributed by atoms with van der Waals surface area (Å²) in [5, 5.41) is 45.4. The van der Waals surface area contributed by atoms with Crippen LogP contribution in [-0.4, -0.2) is 62.1 Å². The van der Waals surface area contributed by atoms with Crippen LogP contribution in [0.5, 0.6) is 0 Å². The minimum Gasteiger partial charge on any atom is -0.393 e. The van der Waals surface area contributed by atoms with Gasteiger partial charge < -0.3 is 31.3 Å². The SMILES string of the molecule is N[C@H]1[C@@H](O)[C@H](O)[C@@H](O)[C@@]1(O)CO. The highest BCUT2D eigenvalue weighted by atomic mass is 16.4. The van der Waals surface area contributed by atoms with Gasteiger partial charge in [-0.2, -0.15) is 0 Å². The van der Waals surface area contributed by atoms with E-state index in [1.165, 1.54) is 0 Å². The van der Waals surface area contributed by atoms with Gasteiger partial charge in [0.05, 0.1) is 12.6 Å². The third-order valence-electron chi connectivity index (χ3n) is 2.38. The third-order valence-corrected chi connectivity index (χ3v) is 2.38. The molecule has 0 heterocycles. The minimum atomic E-state index is -2.02. The van der Waals surface area contributed by atoms with E-state index >= 15 is 0 Å². The Labute approximate surface area is 68.9 Å². The lowest BCUT2D eigenvalue weighted by Gasteiger charge is -2.28. The van der Waals surface area contributed by atoms with E-state index in [0.717, 1.165) is 0 Å². The number of aliphatic hydroxyl groups is 5. The zero-order valence-corrected chi connectivity index (χ0v) is 6.33. The Hall–Kier alpha value is -0.240. The van der Waals surface area contributed by atoms with E-state index in [1.54, 1.807) is 0 Å². The molecule has 6 nitrogen and oxygen atoms in total. The lowest BCUT2D eigenvalue weighted by molar-refractivity contribution is -0.116. The lowest BCUT2D eigenvalue weighted by atomic mass is 9.97. The van der Waals surface area contributed by atoms with Crippen molar-refractivity contribution in [3.63, 3.8) is 0 Å². The Morgan fingerprint density at radius 1 is 1.17 bits per heavy atom. The van der Waals surface area contributed by atoms with Crippen LogP contribution in [0, 0.1) is 0 Å². The molecular weight excluding hydrogens is 166 g/mol. The molecule has 0 amide bonds. The molecule has 12 heavy (non-hydrogen) atoms. The molecule has 1 fully saturated rings. The molecule has 0 aromatic rings. The summed E-state index contributed by atoms with van der Waals surface area (Å²) in [5.41, 5.74) is 3.25. The van der Waals surface area contributed by atoms with Gasteiger partial charge in [0.25, 0.3) is 0 Å². The van der Waals surface area contributed by atoms with Gasteiger partial charge in [-0.15, -0.1) is 0 Å². The van der Waals surface area contributed by atoms with Crippen molar-refractivity contribution in [3.8, 4) is 0 Å². The van der Waals surface area contributed by atoms with Crippen LogP contribution in [0.25, 0.3) is 0 Å². The van der Waals surface area contributed by atoms with Gasteiger partial charge in [-0.3, -0.25) is 0 Å². The summed E-state index contributed by atoms with van der Waals surface area (Å²) in [6, 6.07) is -1.24. The second-order valence-corrected chi connectivity index (χ2v) is 3.10. The van der Waals surface area contributed by atoms with Crippen LogP contribution in [0.2, 0.25) is 0 Å². The van der Waals surface area contributed by atoms with Crippen LogP contribution in [0.4, 0.5) is 0 Å². The summed E-state index contributed by atoms with van der Waals surface area (Å²) >= 11 is 0. The van der Waals surface area contributed by atoms with Crippen LogP contribution in [0.15, 0.2) is 0 Å². The van der Waals surface area contributed by atoms with Crippen LogP contribution >= 0.6 is 0 Å². The first-order valence-corrected chi connectivity index (χ1v) is 3.58. The van der Waals surface area contributed by atoms with Gasteiger partial charge in [-0.1, -0.05) is 0 Å². The zero-order chi connectivity index (χ0) is 9.52. The number of rotatable bonds is 1. The molecule has 72 valence electrons. The Morgan fingerprint density at radius 2 is 1.67 bits per heavy atom. The molecule has 1 aliphatic carbocycles. The van der Waals surface area contributed by atoms with Crippen LogP contribution in [-0.2, 0) is 0 Å². The zero-order valence-electron chi connectivity index (χ0n) is 6.33. The molecule has 1 rings (SSSR count). The van der Waals surface area contributed by atoms with Crippen LogP contribution < -0.4 is 5.73 Å². The Balaban J connectivity index is 2.90. The average Bonchev–Trinajstić information content (AvgIpc) is 2.22. The van der Waals surface area contributed by atoms with E-state index in [4.69, 9.17) is 26.2 Å². The molecule has 0 unspecified atom stereocenters. The van der Waals surface area contributed by atoms with E-state index in [9.17, 15) is 5.11 Å². The monoisotopic (exact) mass is 179 g/mol. The summed E-state index contributed by atoms with van der Waals surface area (Å²) < 4.78 is 0. The highest BCUT2D eigenvalue weighted by molar-refractivity contribution is 5.11. The predicted octanol–water partition coefficient (Wildman–Crippen LogP) is -3.87. The van der Waals surface area contributed by atoms with Gasteiger partial charge >= 0.3 is 0 Å². The Morgan fingerprint density at radius 3 is 1.83 bits per heavy atom. The van der Waals surface area contributed by atoms with Crippen molar-refractivity contribution in [2.24, 2.45) is 5.73 Å². The molecule has 7 N–H and O–H groups in total.